The fourth-order valence-corrected chi connectivity index (χ4v) is 2.63. The number of nitrogens with one attached hydrogen (secondary N) is 1. The Kier molecular flexibility index (Phi) is 10.2. The van der Waals surface area contributed by atoms with E-state index in [0.29, 0.717) is 17.3 Å². The van der Waals surface area contributed by atoms with Gasteiger partial charge in [0.05, 0.1) is 12.1 Å². The number of rotatable bonds is 9. The summed E-state index contributed by atoms with van der Waals surface area (Å²) in [6.07, 6.45) is 0.143. The first-order valence-corrected chi connectivity index (χ1v) is 8.40. The number of carbonyl (C=O) groups is 1. The third kappa shape index (κ3) is 8.08. The van der Waals surface area contributed by atoms with Crippen molar-refractivity contribution < 1.29 is 49.3 Å². The van der Waals surface area contributed by atoms with Gasteiger partial charge >= 0.3 is 29.6 Å². The number of halogens is 1. The first kappa shape index (κ1) is 23.0. The molecule has 134 valence electrons. The zero-order valence-corrected chi connectivity index (χ0v) is 17.7. The second kappa shape index (κ2) is 11.6. The van der Waals surface area contributed by atoms with Crippen LogP contribution in [0.5, 0.6) is 5.75 Å². The number of benzene rings is 2. The smallest absolute Gasteiger partial charge is 0.546 e. The van der Waals surface area contributed by atoms with E-state index in [4.69, 9.17) is 16.3 Å². The molecule has 5 nitrogen and oxygen atoms in total. The molecule has 0 radical (unpaired) electrons. The summed E-state index contributed by atoms with van der Waals surface area (Å²) < 4.78 is 5.04. The molecular formula is C19H21ClNNaO4. The fraction of sp³-hybridized carbons (Fsp3) is 0.316. The summed E-state index contributed by atoms with van der Waals surface area (Å²) in [5, 5.41) is 24.5. The van der Waals surface area contributed by atoms with Crippen LogP contribution in [-0.2, 0) is 11.2 Å². The van der Waals surface area contributed by atoms with Crippen LogP contribution in [0, 0.1) is 0 Å². The summed E-state index contributed by atoms with van der Waals surface area (Å²) in [6, 6.07) is 14.6. The maximum atomic E-state index is 10.4. The average molecular weight is 386 g/mol. The molecule has 2 atom stereocenters. The molecule has 2 aromatic rings. The van der Waals surface area contributed by atoms with Crippen LogP contribution in [0.4, 0.5) is 0 Å². The first-order valence-electron chi connectivity index (χ1n) is 8.02. The Hall–Kier alpha value is -1.08. The minimum atomic E-state index is -1.25. The number of hydrogen-bond donors (Lipinski definition) is 2. The monoisotopic (exact) mass is 385 g/mol. The van der Waals surface area contributed by atoms with E-state index < -0.39 is 18.7 Å². The summed E-state index contributed by atoms with van der Waals surface area (Å²) >= 11 is 5.93. The van der Waals surface area contributed by atoms with Crippen molar-refractivity contribution in [1.29, 1.82) is 0 Å². The Morgan fingerprint density at radius 3 is 2.58 bits per heavy atom. The number of carbonyl (C=O) groups excluding carboxylic acids is 1. The van der Waals surface area contributed by atoms with Gasteiger partial charge in [-0.1, -0.05) is 35.9 Å². The van der Waals surface area contributed by atoms with E-state index in [1.807, 2.05) is 31.2 Å². The van der Waals surface area contributed by atoms with E-state index >= 15 is 0 Å². The van der Waals surface area contributed by atoms with Gasteiger partial charge in [-0.3, -0.25) is 0 Å². The van der Waals surface area contributed by atoms with Gasteiger partial charge in [0.25, 0.3) is 0 Å². The van der Waals surface area contributed by atoms with Crippen molar-refractivity contribution in [1.82, 2.24) is 5.32 Å². The summed E-state index contributed by atoms with van der Waals surface area (Å²) in [4.78, 5) is 10.4. The Balaban J connectivity index is 0.00000338. The second-order valence-corrected chi connectivity index (χ2v) is 6.33. The maximum absolute atomic E-state index is 10.4. The molecule has 7 heteroatoms. The molecule has 0 bridgehead atoms. The maximum Gasteiger partial charge on any atom is 1.00 e. The van der Waals surface area contributed by atoms with Crippen LogP contribution >= 0.6 is 11.6 Å². The van der Waals surface area contributed by atoms with Crippen molar-refractivity contribution in [2.24, 2.45) is 0 Å². The number of aliphatic carboxylic acids is 1. The molecule has 0 saturated carbocycles. The van der Waals surface area contributed by atoms with Crippen LogP contribution in [-0.4, -0.2) is 30.3 Å². The van der Waals surface area contributed by atoms with Crippen molar-refractivity contribution in [2.75, 3.05) is 13.2 Å². The predicted molar refractivity (Wildman–Crippen MR) is 94.5 cm³/mol. The topological polar surface area (TPSA) is 81.6 Å². The Morgan fingerprint density at radius 1 is 1.27 bits per heavy atom. The molecule has 2 rings (SSSR count). The van der Waals surface area contributed by atoms with Gasteiger partial charge in [0.2, 0.25) is 0 Å². The molecule has 0 saturated heterocycles. The third-order valence-electron chi connectivity index (χ3n) is 3.72. The number of aliphatic hydroxyl groups is 1. The molecule has 0 aliphatic heterocycles. The molecule has 0 heterocycles. The van der Waals surface area contributed by atoms with Crippen molar-refractivity contribution in [3.05, 3.63) is 64.7 Å². The van der Waals surface area contributed by atoms with Crippen LogP contribution in [0.2, 0.25) is 5.02 Å². The molecule has 0 aliphatic carbocycles. The van der Waals surface area contributed by atoms with E-state index in [1.54, 1.807) is 24.3 Å². The number of hydrogen-bond acceptors (Lipinski definition) is 5. The summed E-state index contributed by atoms with van der Waals surface area (Å²) in [5.41, 5.74) is 1.86. The largest absolute Gasteiger partial charge is 1.00 e. The van der Waals surface area contributed by atoms with Crippen molar-refractivity contribution in [2.45, 2.75) is 25.5 Å². The van der Waals surface area contributed by atoms with E-state index in [9.17, 15) is 15.0 Å². The van der Waals surface area contributed by atoms with Gasteiger partial charge in [0.15, 0.2) is 0 Å². The number of ether oxygens (including phenoxy) is 1. The third-order valence-corrected chi connectivity index (χ3v) is 3.95. The molecule has 0 spiro atoms. The van der Waals surface area contributed by atoms with Crippen molar-refractivity contribution in [3.63, 3.8) is 0 Å². The molecule has 2 N–H and O–H groups in total. The van der Waals surface area contributed by atoms with Crippen LogP contribution in [0.25, 0.3) is 0 Å². The van der Waals surface area contributed by atoms with Crippen LogP contribution in [0.3, 0.4) is 0 Å². The summed E-state index contributed by atoms with van der Waals surface area (Å²) in [7, 11) is 0. The summed E-state index contributed by atoms with van der Waals surface area (Å²) in [6.45, 7) is 2.00. The van der Waals surface area contributed by atoms with Crippen LogP contribution in [0.1, 0.15) is 24.2 Å². The molecule has 1 unspecified atom stereocenters. The van der Waals surface area contributed by atoms with Crippen molar-refractivity contribution >= 4 is 17.6 Å². The van der Waals surface area contributed by atoms with Gasteiger partial charge in [-0.15, -0.1) is 0 Å². The van der Waals surface area contributed by atoms with E-state index in [1.165, 1.54) is 0 Å². The standard InChI is InChI=1S/C19H22ClNO4.Na/c1-13(21-11-18(22)15-3-2-4-16(20)10-15)9-14-5-7-17(8-6-14)25-12-19(23)24;/h2-8,10,13,18,21-22H,9,11-12H2,1H3,(H,23,24);/q;+1/p-1/t13-,18?;/m1./s1. The minimum absolute atomic E-state index is 0. The van der Waals surface area contributed by atoms with E-state index in [2.05, 4.69) is 5.32 Å². The average Bonchev–Trinajstić information content (AvgIpc) is 2.59. The zero-order chi connectivity index (χ0) is 18.2. The minimum Gasteiger partial charge on any atom is -0.546 e. The van der Waals surface area contributed by atoms with Gasteiger partial charge in [-0.2, -0.15) is 0 Å². The molecular weight excluding hydrogens is 365 g/mol. The van der Waals surface area contributed by atoms with Gasteiger partial charge in [0.1, 0.15) is 12.4 Å². The SMILES string of the molecule is C[C@H](Cc1ccc(OCC(=O)[O-])cc1)NCC(O)c1cccc(Cl)c1.[Na+]. The second-order valence-electron chi connectivity index (χ2n) is 5.89. The van der Waals surface area contributed by atoms with Gasteiger partial charge in [-0.25, -0.2) is 0 Å². The van der Waals surface area contributed by atoms with Gasteiger partial charge < -0.3 is 25.1 Å². The fourth-order valence-electron chi connectivity index (χ4n) is 2.43. The number of carboxylic acid groups (broad SMARTS) is 1. The predicted octanol–water partition coefficient (Wildman–Crippen LogP) is -1.27. The van der Waals surface area contributed by atoms with Crippen LogP contribution in [0.15, 0.2) is 48.5 Å². The quantitative estimate of drug-likeness (QED) is 0.526. The first-order chi connectivity index (χ1) is 11.9. The normalized spacial score (nSPS) is 12.7. The van der Waals surface area contributed by atoms with E-state index in [0.717, 1.165) is 17.5 Å². The molecule has 0 aliphatic rings. The molecule has 0 amide bonds. The molecule has 0 aromatic heterocycles. The number of carboxylic acids is 1. The molecule has 26 heavy (non-hydrogen) atoms. The van der Waals surface area contributed by atoms with Crippen molar-refractivity contribution in [3.8, 4) is 5.75 Å². The Morgan fingerprint density at radius 2 is 1.96 bits per heavy atom. The van der Waals surface area contributed by atoms with E-state index in [-0.39, 0.29) is 35.6 Å². The molecule has 2 aromatic carbocycles. The van der Waals surface area contributed by atoms with Gasteiger partial charge in [-0.05, 0) is 48.7 Å². The summed E-state index contributed by atoms with van der Waals surface area (Å²) in [5.74, 6) is -0.759. The van der Waals surface area contributed by atoms with Crippen LogP contribution < -0.4 is 44.7 Å². The van der Waals surface area contributed by atoms with Gasteiger partial charge in [0, 0.05) is 17.6 Å². The number of aliphatic hydroxyl groups excluding tert-OH is 1. The Labute approximate surface area is 180 Å². The Bertz CT molecular complexity index is 696. The zero-order valence-electron chi connectivity index (χ0n) is 14.9. The molecule has 0 fully saturated rings.